The number of aliphatic imine (C=N–C) groups is 1. The normalized spacial score (nSPS) is 28.3. The van der Waals surface area contributed by atoms with Gasteiger partial charge in [-0.05, 0) is 13.1 Å². The maximum absolute atomic E-state index is 6.90. The first-order chi connectivity index (χ1) is 5.79. The molecule has 0 saturated carbocycles. The van der Waals surface area contributed by atoms with Crippen molar-refractivity contribution in [1.82, 2.24) is 10.6 Å². The molecule has 4 nitrogen and oxygen atoms in total. The van der Waals surface area contributed by atoms with Crippen molar-refractivity contribution in [3.63, 3.8) is 0 Å². The van der Waals surface area contributed by atoms with E-state index in [9.17, 15) is 0 Å². The van der Waals surface area contributed by atoms with Gasteiger partial charge >= 0.3 is 0 Å². The van der Waals surface area contributed by atoms with E-state index in [-0.39, 0.29) is 5.92 Å². The van der Waals surface area contributed by atoms with Crippen molar-refractivity contribution < 1.29 is 0 Å². The van der Waals surface area contributed by atoms with Gasteiger partial charge in [0.1, 0.15) is 5.84 Å². The van der Waals surface area contributed by atoms with Crippen LogP contribution in [-0.4, -0.2) is 25.3 Å². The lowest BCUT2D eigenvalue weighted by atomic mass is 10.0. The molecule has 0 aromatic heterocycles. The summed E-state index contributed by atoms with van der Waals surface area (Å²) < 4.78 is 0. The zero-order valence-electron chi connectivity index (χ0n) is 7.33. The lowest BCUT2D eigenvalue weighted by Crippen LogP contribution is -2.36. The van der Waals surface area contributed by atoms with Crippen molar-refractivity contribution in [3.8, 4) is 0 Å². The molecule has 1 aliphatic heterocycles. The summed E-state index contributed by atoms with van der Waals surface area (Å²) in [5.41, 5.74) is 0. The summed E-state index contributed by atoms with van der Waals surface area (Å²) in [5, 5.41) is 12.9. The van der Waals surface area contributed by atoms with E-state index in [4.69, 9.17) is 5.41 Å². The Morgan fingerprint density at radius 3 is 2.92 bits per heavy atom. The molecule has 0 radical (unpaired) electrons. The van der Waals surface area contributed by atoms with Crippen molar-refractivity contribution in [2.75, 3.05) is 7.05 Å². The molecule has 0 aliphatic carbocycles. The molecular weight excluding hydrogens is 152 g/mol. The highest BCUT2D eigenvalue weighted by Crippen LogP contribution is 2.11. The van der Waals surface area contributed by atoms with E-state index < -0.39 is 0 Å². The second kappa shape index (κ2) is 3.90. The molecule has 3 N–H and O–H groups in total. The van der Waals surface area contributed by atoms with Crippen LogP contribution in [0.3, 0.4) is 0 Å². The maximum atomic E-state index is 6.90. The molecule has 2 atom stereocenters. The smallest absolute Gasteiger partial charge is 0.110 e. The Morgan fingerprint density at radius 1 is 1.75 bits per heavy atom. The van der Waals surface area contributed by atoms with Gasteiger partial charge in [-0.3, -0.25) is 10.4 Å². The van der Waals surface area contributed by atoms with Crippen molar-refractivity contribution in [2.24, 2.45) is 10.9 Å². The predicted octanol–water partition coefficient (Wildman–Crippen LogP) is 0.333. The first kappa shape index (κ1) is 8.77. The molecule has 1 aliphatic rings. The van der Waals surface area contributed by atoms with Crippen LogP contribution >= 0.6 is 0 Å². The molecule has 2 unspecified atom stereocenters. The molecule has 1 heterocycles. The fourth-order valence-corrected chi connectivity index (χ4v) is 1.29. The first-order valence-electron chi connectivity index (χ1n) is 3.94. The Balaban J connectivity index is 2.65. The third-order valence-electron chi connectivity index (χ3n) is 1.98. The summed E-state index contributed by atoms with van der Waals surface area (Å²) in [5.74, 6) is 1.09. The van der Waals surface area contributed by atoms with Crippen LogP contribution in [0.5, 0.6) is 0 Å². The van der Waals surface area contributed by atoms with Gasteiger partial charge in [0.15, 0.2) is 0 Å². The van der Waals surface area contributed by atoms with Crippen LogP contribution in [0.1, 0.15) is 6.92 Å². The van der Waals surface area contributed by atoms with Gasteiger partial charge in [-0.25, -0.2) is 0 Å². The van der Waals surface area contributed by atoms with Gasteiger partial charge in [0.2, 0.25) is 0 Å². The average molecular weight is 166 g/mol. The number of nitrogens with one attached hydrogen (secondary N) is 3. The largest absolute Gasteiger partial charge is 0.388 e. The highest BCUT2D eigenvalue weighted by molar-refractivity contribution is 5.94. The van der Waals surface area contributed by atoms with E-state index in [0.717, 1.165) is 12.2 Å². The Labute approximate surface area is 72.3 Å². The third-order valence-corrected chi connectivity index (χ3v) is 1.98. The van der Waals surface area contributed by atoms with Gasteiger partial charge in [0, 0.05) is 13.1 Å². The van der Waals surface area contributed by atoms with Crippen LogP contribution < -0.4 is 10.6 Å². The molecule has 1 rings (SSSR count). The van der Waals surface area contributed by atoms with E-state index in [2.05, 4.69) is 22.5 Å². The third kappa shape index (κ3) is 1.64. The number of amidine groups is 1. The van der Waals surface area contributed by atoms with Crippen LogP contribution in [0.4, 0.5) is 0 Å². The van der Waals surface area contributed by atoms with Crippen molar-refractivity contribution in [3.05, 3.63) is 12.3 Å². The van der Waals surface area contributed by atoms with Crippen molar-refractivity contribution in [2.45, 2.75) is 13.0 Å². The molecule has 4 heteroatoms. The second-order valence-electron chi connectivity index (χ2n) is 2.74. The summed E-state index contributed by atoms with van der Waals surface area (Å²) in [6.07, 6.45) is 5.12. The first-order valence-corrected chi connectivity index (χ1v) is 3.94. The minimum Gasteiger partial charge on any atom is -0.388 e. The molecule has 0 aromatic carbocycles. The summed E-state index contributed by atoms with van der Waals surface area (Å²) in [4.78, 5) is 4.07. The summed E-state index contributed by atoms with van der Waals surface area (Å²) >= 11 is 0. The van der Waals surface area contributed by atoms with Crippen molar-refractivity contribution >= 4 is 12.2 Å². The molecule has 0 amide bonds. The zero-order valence-corrected chi connectivity index (χ0v) is 7.33. The fourth-order valence-electron chi connectivity index (χ4n) is 1.29. The van der Waals surface area contributed by atoms with Crippen LogP contribution in [0.25, 0.3) is 0 Å². The minimum absolute atomic E-state index is 0.261. The van der Waals surface area contributed by atoms with E-state index in [1.807, 2.05) is 12.3 Å². The quantitative estimate of drug-likeness (QED) is 0.409. The van der Waals surface area contributed by atoms with E-state index in [1.54, 1.807) is 7.05 Å². The molecule has 66 valence electrons. The lowest BCUT2D eigenvalue weighted by molar-refractivity contribution is 0.614. The lowest BCUT2D eigenvalue weighted by Gasteiger charge is -2.16. The summed E-state index contributed by atoms with van der Waals surface area (Å²) in [6, 6.07) is 0.358. The van der Waals surface area contributed by atoms with Crippen molar-refractivity contribution in [1.29, 1.82) is 5.41 Å². The van der Waals surface area contributed by atoms with Gasteiger partial charge < -0.3 is 10.6 Å². The summed E-state index contributed by atoms with van der Waals surface area (Å²) in [6.45, 7) is 2.08. The summed E-state index contributed by atoms with van der Waals surface area (Å²) in [7, 11) is 1.73. The van der Waals surface area contributed by atoms with Gasteiger partial charge in [0.25, 0.3) is 0 Å². The average Bonchev–Trinajstić information content (AvgIpc) is 2.47. The number of hydrogen-bond donors (Lipinski definition) is 3. The molecular formula is C8H14N4. The number of hydrogen-bond acceptors (Lipinski definition) is 3. The molecule has 12 heavy (non-hydrogen) atoms. The standard InChI is InChI=1S/C8H14N4/c1-6-7(3-4-11-6)8(10-2)12-5-9/h3-7,11H,1-2H3,(H2,9,10,12). The Bertz CT molecular complexity index is 219. The minimum atomic E-state index is 0.261. The number of nitrogens with zero attached hydrogens (tertiary/aromatic N) is 1. The molecule has 0 bridgehead atoms. The molecule has 0 aromatic rings. The maximum Gasteiger partial charge on any atom is 0.110 e. The van der Waals surface area contributed by atoms with Gasteiger partial charge in [-0.1, -0.05) is 6.08 Å². The molecule has 0 saturated heterocycles. The van der Waals surface area contributed by atoms with Crippen LogP contribution in [0.15, 0.2) is 17.3 Å². The Kier molecular flexibility index (Phi) is 2.85. The van der Waals surface area contributed by atoms with E-state index >= 15 is 0 Å². The molecule has 0 spiro atoms. The SMILES string of the molecule is CN=C(NC=N)C1C=CNC1C. The monoisotopic (exact) mass is 166 g/mol. The second-order valence-corrected chi connectivity index (χ2v) is 2.74. The fraction of sp³-hybridized carbons (Fsp3) is 0.500. The molecule has 0 fully saturated rings. The van der Waals surface area contributed by atoms with Gasteiger partial charge in [-0.15, -0.1) is 0 Å². The topological polar surface area (TPSA) is 60.3 Å². The van der Waals surface area contributed by atoms with E-state index in [0.29, 0.717) is 6.04 Å². The van der Waals surface area contributed by atoms with Gasteiger partial charge in [0.05, 0.1) is 12.3 Å². The Hall–Kier alpha value is -1.32. The Morgan fingerprint density at radius 2 is 2.50 bits per heavy atom. The van der Waals surface area contributed by atoms with E-state index in [1.165, 1.54) is 0 Å². The van der Waals surface area contributed by atoms with Crippen LogP contribution in [0.2, 0.25) is 0 Å². The van der Waals surface area contributed by atoms with Gasteiger partial charge in [-0.2, -0.15) is 0 Å². The van der Waals surface area contributed by atoms with Crippen LogP contribution in [0, 0.1) is 11.3 Å². The highest BCUT2D eigenvalue weighted by Gasteiger charge is 2.22. The number of rotatable bonds is 2. The van der Waals surface area contributed by atoms with Crippen LogP contribution in [-0.2, 0) is 0 Å². The predicted molar refractivity (Wildman–Crippen MR) is 50.5 cm³/mol. The zero-order chi connectivity index (χ0) is 8.97. The highest BCUT2D eigenvalue weighted by atomic mass is 15.0.